The minimum absolute atomic E-state index is 0.0353. The van der Waals surface area contributed by atoms with Crippen LogP contribution in [0.4, 0.5) is 10.6 Å². The molecule has 0 N–H and O–H groups in total. The van der Waals surface area contributed by atoms with E-state index in [0.29, 0.717) is 19.6 Å². The zero-order valence-electron chi connectivity index (χ0n) is 13.1. The Bertz CT molecular complexity index is 564. The van der Waals surface area contributed by atoms with Gasteiger partial charge in [-0.15, -0.1) is 0 Å². The van der Waals surface area contributed by atoms with Crippen molar-refractivity contribution in [1.29, 1.82) is 0 Å². The van der Waals surface area contributed by atoms with Crippen LogP contribution in [-0.2, 0) is 4.74 Å². The van der Waals surface area contributed by atoms with Crippen molar-refractivity contribution < 1.29 is 9.53 Å². The average Bonchev–Trinajstić information content (AvgIpc) is 2.39. The molecule has 122 valence electrons. The summed E-state index contributed by atoms with van der Waals surface area (Å²) in [6.07, 6.45) is 1.44. The van der Waals surface area contributed by atoms with Gasteiger partial charge in [0.2, 0.25) is 5.28 Å². The molecule has 22 heavy (non-hydrogen) atoms. The lowest BCUT2D eigenvalue weighted by molar-refractivity contribution is 0.0158. The molecule has 0 bridgehead atoms. The first-order valence-electron chi connectivity index (χ1n) is 7.10. The van der Waals surface area contributed by atoms with Gasteiger partial charge >= 0.3 is 6.09 Å². The number of hydrogen-bond acceptors (Lipinski definition) is 5. The lowest BCUT2D eigenvalue weighted by Gasteiger charge is -2.40. The fourth-order valence-electron chi connectivity index (χ4n) is 2.30. The van der Waals surface area contributed by atoms with E-state index in [1.165, 1.54) is 0 Å². The number of anilines is 1. The van der Waals surface area contributed by atoms with Crippen LogP contribution in [0.3, 0.4) is 0 Å². The molecule has 8 heteroatoms. The van der Waals surface area contributed by atoms with E-state index in [1.807, 2.05) is 27.7 Å². The lowest BCUT2D eigenvalue weighted by Crippen LogP contribution is -2.55. The smallest absolute Gasteiger partial charge is 0.410 e. The Balaban J connectivity index is 2.06. The normalized spacial score (nSPS) is 19.3. The van der Waals surface area contributed by atoms with Crippen molar-refractivity contribution >= 4 is 46.1 Å². The highest BCUT2D eigenvalue weighted by atomic mass is 127. The molecule has 0 unspecified atom stereocenters. The second kappa shape index (κ2) is 6.74. The second-order valence-electron chi connectivity index (χ2n) is 6.28. The summed E-state index contributed by atoms with van der Waals surface area (Å²) in [7, 11) is 0. The van der Waals surface area contributed by atoms with Crippen LogP contribution in [0, 0.1) is 3.57 Å². The van der Waals surface area contributed by atoms with Gasteiger partial charge in [-0.1, -0.05) is 0 Å². The summed E-state index contributed by atoms with van der Waals surface area (Å²) in [5.41, 5.74) is -0.483. The van der Waals surface area contributed by atoms with Crippen LogP contribution in [0.5, 0.6) is 0 Å². The molecule has 1 aromatic heterocycles. The summed E-state index contributed by atoms with van der Waals surface area (Å²) in [6, 6.07) is 0.0353. The van der Waals surface area contributed by atoms with Crippen molar-refractivity contribution in [1.82, 2.24) is 14.9 Å². The third-order valence-corrected chi connectivity index (χ3v) is 4.19. The quantitative estimate of drug-likeness (QED) is 0.498. The Morgan fingerprint density at radius 1 is 1.45 bits per heavy atom. The molecule has 1 fully saturated rings. The molecule has 2 rings (SSSR count). The van der Waals surface area contributed by atoms with Gasteiger partial charge in [0.15, 0.2) is 0 Å². The molecule has 0 aromatic carbocycles. The van der Waals surface area contributed by atoms with Crippen LogP contribution >= 0.6 is 34.2 Å². The van der Waals surface area contributed by atoms with E-state index in [9.17, 15) is 4.79 Å². The first-order valence-corrected chi connectivity index (χ1v) is 8.55. The SMILES string of the molecule is C[C@H]1CN(c2nc(Cl)ncc2I)CCN1C(=O)OC(C)(C)C. The third-order valence-electron chi connectivity index (χ3n) is 3.25. The summed E-state index contributed by atoms with van der Waals surface area (Å²) in [4.78, 5) is 24.4. The number of amides is 1. The summed E-state index contributed by atoms with van der Waals surface area (Å²) in [5.74, 6) is 0.816. The highest BCUT2D eigenvalue weighted by molar-refractivity contribution is 14.1. The van der Waals surface area contributed by atoms with Crippen LogP contribution in [0.2, 0.25) is 5.28 Å². The summed E-state index contributed by atoms with van der Waals surface area (Å²) >= 11 is 8.08. The number of ether oxygens (including phenoxy) is 1. The fraction of sp³-hybridized carbons (Fsp3) is 0.643. The van der Waals surface area contributed by atoms with Crippen molar-refractivity contribution in [2.24, 2.45) is 0 Å². The zero-order valence-corrected chi connectivity index (χ0v) is 16.1. The molecular weight excluding hydrogens is 419 g/mol. The van der Waals surface area contributed by atoms with Gasteiger partial charge in [-0.25, -0.2) is 9.78 Å². The maximum atomic E-state index is 12.2. The molecular formula is C14H20ClIN4O2. The molecule has 1 aliphatic heterocycles. The molecule has 2 heterocycles. The van der Waals surface area contributed by atoms with Gasteiger partial charge in [-0.3, -0.25) is 0 Å². The minimum Gasteiger partial charge on any atom is -0.444 e. The average molecular weight is 439 g/mol. The standard InChI is InChI=1S/C14H20ClIN4O2/c1-9-8-19(11-10(16)7-17-12(15)18-11)5-6-20(9)13(21)22-14(2,3)4/h7,9H,5-6,8H2,1-4H3/t9-/m0/s1. The number of aromatic nitrogens is 2. The molecule has 0 aliphatic carbocycles. The van der Waals surface area contributed by atoms with E-state index in [-0.39, 0.29) is 17.4 Å². The lowest BCUT2D eigenvalue weighted by atomic mass is 10.2. The molecule has 0 radical (unpaired) electrons. The maximum absolute atomic E-state index is 12.2. The number of piperazine rings is 1. The van der Waals surface area contributed by atoms with E-state index < -0.39 is 5.60 Å². The fourth-order valence-corrected chi connectivity index (χ4v) is 3.03. The van der Waals surface area contributed by atoms with Crippen molar-refractivity contribution in [3.63, 3.8) is 0 Å². The first-order chi connectivity index (χ1) is 10.2. The Hall–Kier alpha value is -0.830. The number of nitrogens with zero attached hydrogens (tertiary/aromatic N) is 4. The number of carbonyl (C=O) groups excluding carboxylic acids is 1. The molecule has 1 aromatic rings. The predicted molar refractivity (Wildman–Crippen MR) is 94.4 cm³/mol. The van der Waals surface area contributed by atoms with Gasteiger partial charge in [0.1, 0.15) is 11.4 Å². The van der Waals surface area contributed by atoms with Crippen molar-refractivity contribution in [3.8, 4) is 0 Å². The van der Waals surface area contributed by atoms with Crippen molar-refractivity contribution in [2.75, 3.05) is 24.5 Å². The van der Waals surface area contributed by atoms with Gasteiger partial charge in [0.05, 0.1) is 3.57 Å². The second-order valence-corrected chi connectivity index (χ2v) is 7.78. The Morgan fingerprint density at radius 2 is 2.14 bits per heavy atom. The minimum atomic E-state index is -0.483. The van der Waals surface area contributed by atoms with Gasteiger partial charge < -0.3 is 14.5 Å². The Morgan fingerprint density at radius 3 is 2.73 bits per heavy atom. The van der Waals surface area contributed by atoms with Crippen LogP contribution < -0.4 is 4.90 Å². The van der Waals surface area contributed by atoms with Crippen LogP contribution in [0.25, 0.3) is 0 Å². The summed E-state index contributed by atoms with van der Waals surface area (Å²) in [5, 5.41) is 0.234. The Kier molecular flexibility index (Phi) is 5.37. The molecule has 1 saturated heterocycles. The van der Waals surface area contributed by atoms with Crippen molar-refractivity contribution in [2.45, 2.75) is 39.3 Å². The number of rotatable bonds is 1. The predicted octanol–water partition coefficient (Wildman–Crippen LogP) is 3.18. The first kappa shape index (κ1) is 17.5. The number of hydrogen-bond donors (Lipinski definition) is 0. The maximum Gasteiger partial charge on any atom is 0.410 e. The van der Waals surface area contributed by atoms with Crippen LogP contribution in [0.15, 0.2) is 6.20 Å². The van der Waals surface area contributed by atoms with E-state index in [1.54, 1.807) is 11.1 Å². The molecule has 0 spiro atoms. The third kappa shape index (κ3) is 4.34. The highest BCUT2D eigenvalue weighted by Gasteiger charge is 2.31. The number of halogens is 2. The molecule has 0 saturated carbocycles. The summed E-state index contributed by atoms with van der Waals surface area (Å²) in [6.45, 7) is 9.58. The van der Waals surface area contributed by atoms with Crippen LogP contribution in [0.1, 0.15) is 27.7 Å². The molecule has 1 atom stereocenters. The largest absolute Gasteiger partial charge is 0.444 e. The molecule has 1 amide bonds. The van der Waals surface area contributed by atoms with E-state index >= 15 is 0 Å². The topological polar surface area (TPSA) is 58.6 Å². The Labute approximate surface area is 149 Å². The van der Waals surface area contributed by atoms with Gasteiger partial charge in [-0.2, -0.15) is 4.98 Å². The highest BCUT2D eigenvalue weighted by Crippen LogP contribution is 2.24. The summed E-state index contributed by atoms with van der Waals surface area (Å²) < 4.78 is 6.40. The monoisotopic (exact) mass is 438 g/mol. The van der Waals surface area contributed by atoms with E-state index in [0.717, 1.165) is 9.39 Å². The molecule has 6 nitrogen and oxygen atoms in total. The van der Waals surface area contributed by atoms with Gasteiger partial charge in [0.25, 0.3) is 0 Å². The van der Waals surface area contributed by atoms with E-state index in [4.69, 9.17) is 16.3 Å². The van der Waals surface area contributed by atoms with E-state index in [2.05, 4.69) is 37.5 Å². The number of carbonyl (C=O) groups is 1. The van der Waals surface area contributed by atoms with Gasteiger partial charge in [-0.05, 0) is 61.9 Å². The van der Waals surface area contributed by atoms with Crippen molar-refractivity contribution in [3.05, 3.63) is 15.1 Å². The van der Waals surface area contributed by atoms with Gasteiger partial charge in [0, 0.05) is 31.9 Å². The van der Waals surface area contributed by atoms with Crippen LogP contribution in [-0.4, -0.2) is 52.2 Å². The molecule has 1 aliphatic rings. The zero-order chi connectivity index (χ0) is 16.5.